The van der Waals surface area contributed by atoms with E-state index in [9.17, 15) is 5.26 Å². The average molecular weight is 469 g/mol. The smallest absolute Gasteiger partial charge is 0.211 e. The fourth-order valence-electron chi connectivity index (χ4n) is 3.89. The van der Waals surface area contributed by atoms with Crippen molar-refractivity contribution in [1.82, 2.24) is 10.3 Å². The van der Waals surface area contributed by atoms with Gasteiger partial charge in [0.05, 0.1) is 12.8 Å². The summed E-state index contributed by atoms with van der Waals surface area (Å²) in [4.78, 5) is 8.89. The lowest BCUT2D eigenvalue weighted by atomic mass is 9.94. The van der Waals surface area contributed by atoms with Gasteiger partial charge in [-0.3, -0.25) is 5.32 Å². The van der Waals surface area contributed by atoms with Crippen molar-refractivity contribution >= 4 is 23.3 Å². The lowest BCUT2D eigenvalue weighted by Crippen LogP contribution is -2.32. The van der Waals surface area contributed by atoms with Gasteiger partial charge in [-0.2, -0.15) is 10.5 Å². The molecule has 0 saturated heterocycles. The van der Waals surface area contributed by atoms with Crippen LogP contribution in [0.2, 0.25) is 0 Å². The molecule has 176 valence electrons. The second-order valence-corrected chi connectivity index (χ2v) is 7.76. The second-order valence-electron chi connectivity index (χ2n) is 7.76. The highest BCUT2D eigenvalue weighted by Crippen LogP contribution is 2.41. The summed E-state index contributed by atoms with van der Waals surface area (Å²) < 4.78 is 11.5. The van der Waals surface area contributed by atoms with Gasteiger partial charge in [-0.25, -0.2) is 9.98 Å². The van der Waals surface area contributed by atoms with E-state index in [1.807, 2.05) is 54.7 Å². The summed E-state index contributed by atoms with van der Waals surface area (Å²) >= 11 is 0. The van der Waals surface area contributed by atoms with Crippen molar-refractivity contribution in [2.75, 3.05) is 23.9 Å². The van der Waals surface area contributed by atoms with Crippen molar-refractivity contribution in [2.24, 2.45) is 4.99 Å². The van der Waals surface area contributed by atoms with Gasteiger partial charge in [0.15, 0.2) is 6.19 Å². The van der Waals surface area contributed by atoms with E-state index >= 15 is 0 Å². The minimum Gasteiger partial charge on any atom is -0.496 e. The first-order valence-corrected chi connectivity index (χ1v) is 10.9. The molecule has 6 N–H and O–H groups in total. The molecule has 1 unspecified atom stereocenters. The van der Waals surface area contributed by atoms with E-state index in [2.05, 4.69) is 27.5 Å². The Kier molecular flexibility index (Phi) is 6.56. The van der Waals surface area contributed by atoms with Crippen molar-refractivity contribution in [3.63, 3.8) is 0 Å². The van der Waals surface area contributed by atoms with Crippen LogP contribution < -0.4 is 31.6 Å². The molecule has 1 aliphatic heterocycles. The highest BCUT2D eigenvalue weighted by Gasteiger charge is 2.30. The normalized spacial score (nSPS) is 13.9. The largest absolute Gasteiger partial charge is 0.496 e. The van der Waals surface area contributed by atoms with Crippen LogP contribution in [0.25, 0.3) is 0 Å². The maximum atomic E-state index is 9.52. The molecule has 0 amide bonds. The summed E-state index contributed by atoms with van der Waals surface area (Å²) in [6, 6.07) is 14.8. The van der Waals surface area contributed by atoms with Crippen LogP contribution in [-0.2, 0) is 13.0 Å². The van der Waals surface area contributed by atoms with Crippen molar-refractivity contribution in [2.45, 2.75) is 26.0 Å². The minimum absolute atomic E-state index is 0.00822. The summed E-state index contributed by atoms with van der Waals surface area (Å²) in [5, 5.41) is 24.0. The third kappa shape index (κ3) is 4.59. The molecular formula is C25H24N8O2. The number of rotatable bonds is 6. The van der Waals surface area contributed by atoms with Crippen molar-refractivity contribution in [1.29, 1.82) is 10.5 Å². The number of fused-ring (bicyclic) bond motifs is 1. The molecule has 2 aromatic carbocycles. The van der Waals surface area contributed by atoms with Crippen LogP contribution in [0, 0.1) is 22.8 Å². The Morgan fingerprint density at radius 1 is 1.14 bits per heavy atom. The van der Waals surface area contributed by atoms with Crippen LogP contribution in [0.5, 0.6) is 11.5 Å². The Labute approximate surface area is 202 Å². The predicted octanol–water partition coefficient (Wildman–Crippen LogP) is 3.21. The summed E-state index contributed by atoms with van der Waals surface area (Å²) in [6.07, 6.45) is 2.79. The number of hydrogen-bond donors (Lipinski definition) is 4. The number of aryl methyl sites for hydroxylation is 1. The first kappa shape index (κ1) is 23.2. The molecule has 2 heterocycles. The van der Waals surface area contributed by atoms with Crippen molar-refractivity contribution < 1.29 is 9.47 Å². The number of guanidine groups is 1. The molecule has 1 atom stereocenters. The van der Waals surface area contributed by atoms with Gasteiger partial charge in [0.1, 0.15) is 47.4 Å². The van der Waals surface area contributed by atoms with E-state index in [0.717, 1.165) is 23.3 Å². The molecule has 0 bridgehead atoms. The summed E-state index contributed by atoms with van der Waals surface area (Å²) in [6.45, 7) is 2.35. The van der Waals surface area contributed by atoms with Crippen LogP contribution in [0.3, 0.4) is 0 Å². The average Bonchev–Trinajstić information content (AvgIpc) is 2.87. The summed E-state index contributed by atoms with van der Waals surface area (Å²) in [5.41, 5.74) is 15.8. The van der Waals surface area contributed by atoms with E-state index in [0.29, 0.717) is 17.1 Å². The Morgan fingerprint density at radius 2 is 1.91 bits per heavy atom. The van der Waals surface area contributed by atoms with E-state index < -0.39 is 6.04 Å². The molecule has 4 rings (SSSR count). The molecule has 0 spiro atoms. The Bertz CT molecular complexity index is 1370. The van der Waals surface area contributed by atoms with Gasteiger partial charge in [-0.05, 0) is 41.8 Å². The lowest BCUT2D eigenvalue weighted by molar-refractivity contribution is 0.296. The maximum absolute atomic E-state index is 9.52. The first-order valence-electron chi connectivity index (χ1n) is 10.9. The van der Waals surface area contributed by atoms with Crippen LogP contribution in [-0.4, -0.2) is 18.1 Å². The lowest BCUT2D eigenvalue weighted by Gasteiger charge is -2.26. The first-order chi connectivity index (χ1) is 17.0. The number of hydrogen-bond acceptors (Lipinski definition) is 10. The number of nitriles is 2. The van der Waals surface area contributed by atoms with Gasteiger partial charge in [0.25, 0.3) is 0 Å². The molecule has 35 heavy (non-hydrogen) atoms. The van der Waals surface area contributed by atoms with E-state index in [4.69, 9.17) is 26.2 Å². The zero-order valence-electron chi connectivity index (χ0n) is 19.3. The van der Waals surface area contributed by atoms with Crippen LogP contribution in [0.1, 0.15) is 40.8 Å². The number of anilines is 3. The third-order valence-corrected chi connectivity index (χ3v) is 5.70. The minimum atomic E-state index is -0.657. The Hall–Kier alpha value is -4.96. The molecular weight excluding hydrogens is 444 g/mol. The van der Waals surface area contributed by atoms with E-state index in [1.54, 1.807) is 7.11 Å². The fourth-order valence-corrected chi connectivity index (χ4v) is 3.89. The number of pyridine rings is 1. The van der Waals surface area contributed by atoms with Crippen LogP contribution in [0.4, 0.5) is 17.3 Å². The standard InChI is InChI=1S/C25H24N8O2/c1-3-14-4-7-17(8-5-14)35-12-16-10-15(6-9-19(16)34-2)22-20-21(28)18(11-26)23(29)32-24(20)33-25(31-22)30-13-27/h4-10,22H,3,12H2,1-2H3,(H6,28,29,30,31,32,33). The summed E-state index contributed by atoms with van der Waals surface area (Å²) in [5.74, 6) is 1.88. The molecule has 3 aromatic rings. The van der Waals surface area contributed by atoms with E-state index in [1.165, 1.54) is 5.56 Å². The topological polar surface area (TPSA) is 167 Å². The number of nitrogens with one attached hydrogen (secondary N) is 2. The van der Waals surface area contributed by atoms with Gasteiger partial charge >= 0.3 is 0 Å². The fraction of sp³-hybridized carbons (Fsp3) is 0.200. The number of aliphatic imine (C=N–C) groups is 1. The summed E-state index contributed by atoms with van der Waals surface area (Å²) in [7, 11) is 1.59. The molecule has 1 aliphatic rings. The Morgan fingerprint density at radius 3 is 2.57 bits per heavy atom. The van der Waals surface area contributed by atoms with Gasteiger partial charge in [-0.1, -0.05) is 25.1 Å². The number of nitrogens with two attached hydrogens (primary N) is 2. The number of nitrogens with zero attached hydrogens (tertiary/aromatic N) is 4. The third-order valence-electron chi connectivity index (χ3n) is 5.70. The molecule has 0 saturated carbocycles. The zero-order valence-corrected chi connectivity index (χ0v) is 19.3. The quantitative estimate of drug-likeness (QED) is 0.313. The monoisotopic (exact) mass is 468 g/mol. The van der Waals surface area contributed by atoms with Gasteiger partial charge < -0.3 is 26.3 Å². The molecule has 0 radical (unpaired) electrons. The van der Waals surface area contributed by atoms with Gasteiger partial charge in [-0.15, -0.1) is 0 Å². The van der Waals surface area contributed by atoms with E-state index in [-0.39, 0.29) is 29.6 Å². The van der Waals surface area contributed by atoms with Gasteiger partial charge in [0.2, 0.25) is 5.96 Å². The van der Waals surface area contributed by atoms with Crippen molar-refractivity contribution in [3.8, 4) is 23.8 Å². The predicted molar refractivity (Wildman–Crippen MR) is 133 cm³/mol. The SMILES string of the molecule is CCc1ccc(OCc2cc(C3N=C(NC#N)Nc4nc(N)c(C#N)c(N)c43)ccc2OC)cc1. The zero-order chi connectivity index (χ0) is 24.9. The molecule has 1 aromatic heterocycles. The highest BCUT2D eigenvalue weighted by molar-refractivity contribution is 5.98. The maximum Gasteiger partial charge on any atom is 0.211 e. The second kappa shape index (κ2) is 9.89. The molecule has 0 fully saturated rings. The molecule has 0 aliphatic carbocycles. The van der Waals surface area contributed by atoms with Gasteiger partial charge in [0, 0.05) is 11.1 Å². The number of aromatic nitrogens is 1. The molecule has 10 nitrogen and oxygen atoms in total. The number of nitrogen functional groups attached to an aromatic ring is 2. The Balaban J connectivity index is 1.74. The highest BCUT2D eigenvalue weighted by atomic mass is 16.5. The number of methoxy groups -OCH3 is 1. The number of ether oxygens (including phenoxy) is 2. The van der Waals surface area contributed by atoms with Crippen molar-refractivity contribution in [3.05, 3.63) is 70.3 Å². The van der Waals surface area contributed by atoms with Crippen LogP contribution >= 0.6 is 0 Å². The molecule has 10 heteroatoms. The number of benzene rings is 2. The van der Waals surface area contributed by atoms with Crippen LogP contribution in [0.15, 0.2) is 47.5 Å².